The highest BCUT2D eigenvalue weighted by atomic mass is 19.4. The predicted octanol–water partition coefficient (Wildman–Crippen LogP) is 3.86. The van der Waals surface area contributed by atoms with Crippen LogP contribution in [0.4, 0.5) is 13.2 Å². The second-order valence-corrected chi connectivity index (χ2v) is 3.86. The molecule has 0 amide bonds. The Morgan fingerprint density at radius 2 is 1.56 bits per heavy atom. The van der Waals surface area contributed by atoms with Crippen LogP contribution in [0.25, 0.3) is 11.1 Å². The van der Waals surface area contributed by atoms with Gasteiger partial charge in [0.2, 0.25) is 0 Å². The van der Waals surface area contributed by atoms with Gasteiger partial charge >= 0.3 is 6.18 Å². The summed E-state index contributed by atoms with van der Waals surface area (Å²) in [6, 6.07) is 12.1. The molecule has 2 rings (SSSR count). The minimum atomic E-state index is -4.43. The molecule has 0 saturated heterocycles. The molecule has 2 aromatic carbocycles. The number of alkyl halides is 3. The number of hydrogen-bond donors (Lipinski definition) is 1. The lowest BCUT2D eigenvalue weighted by atomic mass is 9.94. The second kappa shape index (κ2) is 4.82. The fraction of sp³-hybridized carbons (Fsp3) is 0.143. The van der Waals surface area contributed by atoms with Crippen LogP contribution in [0, 0.1) is 0 Å². The van der Waals surface area contributed by atoms with Crippen molar-refractivity contribution in [3.05, 3.63) is 59.7 Å². The Morgan fingerprint density at radius 3 is 2.11 bits per heavy atom. The Balaban J connectivity index is 2.70. The highest BCUT2D eigenvalue weighted by Gasteiger charge is 2.34. The van der Waals surface area contributed by atoms with Crippen molar-refractivity contribution in [1.29, 1.82) is 0 Å². The van der Waals surface area contributed by atoms with E-state index < -0.39 is 18.3 Å². The zero-order valence-electron chi connectivity index (χ0n) is 9.41. The maximum Gasteiger partial charge on any atom is 0.417 e. The van der Waals surface area contributed by atoms with Crippen molar-refractivity contribution in [3.8, 4) is 11.1 Å². The highest BCUT2D eigenvalue weighted by Crippen LogP contribution is 2.38. The third kappa shape index (κ3) is 2.38. The molecule has 1 N–H and O–H groups in total. The molecule has 18 heavy (non-hydrogen) atoms. The molecule has 0 bridgehead atoms. The molecule has 0 radical (unpaired) electrons. The van der Waals surface area contributed by atoms with Crippen LogP contribution in [0.1, 0.15) is 11.1 Å². The van der Waals surface area contributed by atoms with Crippen molar-refractivity contribution in [2.24, 2.45) is 0 Å². The summed E-state index contributed by atoms with van der Waals surface area (Å²) in [6.45, 7) is -0.422. The summed E-state index contributed by atoms with van der Waals surface area (Å²) in [4.78, 5) is 0. The molecule has 0 aromatic heterocycles. The largest absolute Gasteiger partial charge is 0.417 e. The van der Waals surface area contributed by atoms with E-state index in [1.807, 2.05) is 0 Å². The predicted molar refractivity (Wildman–Crippen MR) is 62.8 cm³/mol. The van der Waals surface area contributed by atoms with Crippen LogP contribution in [0.3, 0.4) is 0 Å². The second-order valence-electron chi connectivity index (χ2n) is 3.86. The van der Waals surface area contributed by atoms with E-state index >= 15 is 0 Å². The van der Waals surface area contributed by atoms with Gasteiger partial charge in [0.25, 0.3) is 0 Å². The average Bonchev–Trinajstić information content (AvgIpc) is 2.38. The van der Waals surface area contributed by atoms with E-state index in [2.05, 4.69) is 0 Å². The summed E-state index contributed by atoms with van der Waals surface area (Å²) >= 11 is 0. The topological polar surface area (TPSA) is 20.2 Å². The van der Waals surface area contributed by atoms with Crippen LogP contribution < -0.4 is 0 Å². The maximum atomic E-state index is 13.0. The van der Waals surface area contributed by atoms with Crippen molar-refractivity contribution in [2.45, 2.75) is 12.8 Å². The first kappa shape index (κ1) is 12.6. The molecule has 0 spiro atoms. The van der Waals surface area contributed by atoms with Gasteiger partial charge in [-0.25, -0.2) is 0 Å². The van der Waals surface area contributed by atoms with Crippen LogP contribution in [-0.2, 0) is 12.8 Å². The number of aliphatic hydroxyl groups is 1. The summed E-state index contributed by atoms with van der Waals surface area (Å²) in [5, 5.41) is 9.20. The molecule has 0 heterocycles. The minimum Gasteiger partial charge on any atom is -0.392 e. The summed E-state index contributed by atoms with van der Waals surface area (Å²) in [6.07, 6.45) is -4.43. The van der Waals surface area contributed by atoms with Crippen LogP contribution in [-0.4, -0.2) is 5.11 Å². The molecule has 0 fully saturated rings. The molecule has 0 aliphatic rings. The average molecular weight is 252 g/mol. The first-order valence-corrected chi connectivity index (χ1v) is 5.39. The van der Waals surface area contributed by atoms with E-state index in [4.69, 9.17) is 0 Å². The van der Waals surface area contributed by atoms with E-state index in [-0.39, 0.29) is 11.1 Å². The van der Waals surface area contributed by atoms with Crippen LogP contribution in [0.2, 0.25) is 0 Å². The van der Waals surface area contributed by atoms with Gasteiger partial charge in [0.05, 0.1) is 12.2 Å². The van der Waals surface area contributed by atoms with Crippen LogP contribution >= 0.6 is 0 Å². The van der Waals surface area contributed by atoms with E-state index in [1.165, 1.54) is 12.1 Å². The van der Waals surface area contributed by atoms with E-state index in [9.17, 15) is 18.3 Å². The molecular weight excluding hydrogens is 241 g/mol. The lowest BCUT2D eigenvalue weighted by Crippen LogP contribution is -2.09. The Kier molecular flexibility index (Phi) is 3.39. The van der Waals surface area contributed by atoms with Gasteiger partial charge in [0.1, 0.15) is 0 Å². The lowest BCUT2D eigenvalue weighted by molar-refractivity contribution is -0.137. The lowest BCUT2D eigenvalue weighted by Gasteiger charge is -2.16. The zero-order chi connectivity index (χ0) is 13.2. The number of hydrogen-bond acceptors (Lipinski definition) is 1. The Morgan fingerprint density at radius 1 is 0.889 bits per heavy atom. The van der Waals surface area contributed by atoms with Gasteiger partial charge in [-0.2, -0.15) is 13.2 Å². The van der Waals surface area contributed by atoms with Gasteiger partial charge in [-0.1, -0.05) is 42.5 Å². The van der Waals surface area contributed by atoms with E-state index in [1.54, 1.807) is 30.3 Å². The fourth-order valence-corrected chi connectivity index (χ4v) is 1.91. The molecule has 0 unspecified atom stereocenters. The Labute approximate surface area is 103 Å². The fourth-order valence-electron chi connectivity index (χ4n) is 1.91. The van der Waals surface area contributed by atoms with Crippen LogP contribution in [0.5, 0.6) is 0 Å². The standard InChI is InChI=1S/C14H11F3O/c15-14(16,17)12-8-4-7-11(9-18)13(12)10-5-2-1-3-6-10/h1-8,18H,9H2. The molecule has 0 saturated carbocycles. The third-order valence-electron chi connectivity index (χ3n) is 2.69. The molecule has 94 valence electrons. The minimum absolute atomic E-state index is 0.0492. The number of rotatable bonds is 2. The Hall–Kier alpha value is -1.81. The molecular formula is C14H11F3O. The Bertz CT molecular complexity index is 532. The van der Waals surface area contributed by atoms with Crippen molar-refractivity contribution in [2.75, 3.05) is 0 Å². The third-order valence-corrected chi connectivity index (χ3v) is 2.69. The molecule has 4 heteroatoms. The van der Waals surface area contributed by atoms with Crippen molar-refractivity contribution < 1.29 is 18.3 Å². The first-order chi connectivity index (χ1) is 8.54. The van der Waals surface area contributed by atoms with Crippen molar-refractivity contribution >= 4 is 0 Å². The number of aliphatic hydroxyl groups excluding tert-OH is 1. The summed E-state index contributed by atoms with van der Waals surface area (Å²) in [7, 11) is 0. The van der Waals surface area contributed by atoms with Gasteiger partial charge in [-0.3, -0.25) is 0 Å². The normalized spacial score (nSPS) is 11.6. The van der Waals surface area contributed by atoms with Crippen LogP contribution in [0.15, 0.2) is 48.5 Å². The molecule has 1 nitrogen and oxygen atoms in total. The summed E-state index contributed by atoms with van der Waals surface area (Å²) < 4.78 is 38.9. The monoisotopic (exact) mass is 252 g/mol. The molecule has 2 aromatic rings. The van der Waals surface area contributed by atoms with Crippen molar-refractivity contribution in [1.82, 2.24) is 0 Å². The van der Waals surface area contributed by atoms with Gasteiger partial charge in [-0.05, 0) is 22.8 Å². The van der Waals surface area contributed by atoms with Gasteiger partial charge < -0.3 is 5.11 Å². The molecule has 0 aliphatic heterocycles. The smallest absolute Gasteiger partial charge is 0.392 e. The SMILES string of the molecule is OCc1cccc(C(F)(F)F)c1-c1ccccc1. The van der Waals surface area contributed by atoms with Crippen molar-refractivity contribution in [3.63, 3.8) is 0 Å². The first-order valence-electron chi connectivity index (χ1n) is 5.39. The maximum absolute atomic E-state index is 13.0. The van der Waals surface area contributed by atoms with E-state index in [0.717, 1.165) is 6.07 Å². The number of benzene rings is 2. The summed E-state index contributed by atoms with van der Waals surface area (Å²) in [5.41, 5.74) is 0.0545. The van der Waals surface area contributed by atoms with Gasteiger partial charge in [-0.15, -0.1) is 0 Å². The number of halogens is 3. The quantitative estimate of drug-likeness (QED) is 0.860. The molecule has 0 aliphatic carbocycles. The summed E-state index contributed by atoms with van der Waals surface area (Å²) in [5.74, 6) is 0. The molecule has 0 atom stereocenters. The van der Waals surface area contributed by atoms with E-state index in [0.29, 0.717) is 5.56 Å². The highest BCUT2D eigenvalue weighted by molar-refractivity contribution is 5.71. The zero-order valence-corrected chi connectivity index (χ0v) is 9.41. The van der Waals surface area contributed by atoms with Gasteiger partial charge in [0.15, 0.2) is 0 Å². The van der Waals surface area contributed by atoms with Gasteiger partial charge in [0, 0.05) is 0 Å².